The number of likely N-dealkylation sites (tertiary alicyclic amines) is 1. The highest BCUT2D eigenvalue weighted by Gasteiger charge is 2.26. The van der Waals surface area contributed by atoms with E-state index in [1.165, 1.54) is 6.07 Å². The van der Waals surface area contributed by atoms with Gasteiger partial charge in [-0.25, -0.2) is 0 Å². The molecule has 1 aliphatic rings. The van der Waals surface area contributed by atoms with Crippen LogP contribution in [-0.2, 0) is 0 Å². The van der Waals surface area contributed by atoms with Crippen molar-refractivity contribution in [1.29, 1.82) is 0 Å². The van der Waals surface area contributed by atoms with Gasteiger partial charge in [-0.3, -0.25) is 4.90 Å². The van der Waals surface area contributed by atoms with Crippen molar-refractivity contribution in [2.24, 2.45) is 11.7 Å². The summed E-state index contributed by atoms with van der Waals surface area (Å²) in [6, 6.07) is 4.97. The summed E-state index contributed by atoms with van der Waals surface area (Å²) in [4.78, 5) is 2.34. The van der Waals surface area contributed by atoms with E-state index in [1.807, 2.05) is 0 Å². The predicted molar refractivity (Wildman–Crippen MR) is 66.9 cm³/mol. The first kappa shape index (κ1) is 12.2. The van der Waals surface area contributed by atoms with Gasteiger partial charge in [0.15, 0.2) is 0 Å². The molecule has 1 aromatic carbocycles. The third-order valence-corrected chi connectivity index (χ3v) is 3.61. The lowest BCUT2D eigenvalue weighted by Crippen LogP contribution is -2.26. The van der Waals surface area contributed by atoms with Gasteiger partial charge >= 0.3 is 0 Å². The third kappa shape index (κ3) is 2.70. The van der Waals surface area contributed by atoms with Gasteiger partial charge in [0.25, 0.3) is 0 Å². The van der Waals surface area contributed by atoms with E-state index in [1.54, 1.807) is 12.1 Å². The van der Waals surface area contributed by atoms with Crippen LogP contribution in [0.15, 0.2) is 18.2 Å². The molecule has 1 saturated heterocycles. The lowest BCUT2D eigenvalue weighted by molar-refractivity contribution is 0.252. The molecule has 0 spiro atoms. The Morgan fingerprint density at radius 1 is 1.35 bits per heavy atom. The van der Waals surface area contributed by atoms with E-state index in [2.05, 4.69) is 11.8 Å². The number of nitrogens with two attached hydrogens (primary N) is 1. The zero-order valence-corrected chi connectivity index (χ0v) is 10.1. The van der Waals surface area contributed by atoms with Gasteiger partial charge in [-0.2, -0.15) is 0 Å². The molecular weight excluding hydrogens is 216 g/mol. The first-order valence-corrected chi connectivity index (χ1v) is 6.07. The molecule has 4 nitrogen and oxygen atoms in total. The fourth-order valence-electron chi connectivity index (χ4n) is 2.48. The molecule has 1 heterocycles. The Bertz CT molecular complexity index is 375. The second-order valence-corrected chi connectivity index (χ2v) is 4.84. The second-order valence-electron chi connectivity index (χ2n) is 4.84. The van der Waals surface area contributed by atoms with Crippen molar-refractivity contribution in [2.45, 2.75) is 19.4 Å². The van der Waals surface area contributed by atoms with Crippen LogP contribution in [0.5, 0.6) is 11.5 Å². The summed E-state index contributed by atoms with van der Waals surface area (Å²) in [7, 11) is 0. The van der Waals surface area contributed by atoms with Crippen LogP contribution in [0, 0.1) is 5.92 Å². The molecule has 2 atom stereocenters. The Kier molecular flexibility index (Phi) is 3.54. The Hall–Kier alpha value is -1.26. The van der Waals surface area contributed by atoms with Gasteiger partial charge in [-0.15, -0.1) is 0 Å². The molecule has 1 aromatic rings. The largest absolute Gasteiger partial charge is 0.508 e. The number of aromatic hydroxyl groups is 2. The summed E-state index contributed by atoms with van der Waals surface area (Å²) in [5, 5.41) is 19.0. The Balaban J connectivity index is 2.11. The van der Waals surface area contributed by atoms with Crippen LogP contribution in [0.25, 0.3) is 0 Å². The summed E-state index contributed by atoms with van der Waals surface area (Å²) in [5.74, 6) is 0.797. The van der Waals surface area contributed by atoms with Gasteiger partial charge in [-0.1, -0.05) is 0 Å². The van der Waals surface area contributed by atoms with Crippen molar-refractivity contribution in [2.75, 3.05) is 19.6 Å². The van der Waals surface area contributed by atoms with Gasteiger partial charge in [0.2, 0.25) is 0 Å². The minimum atomic E-state index is 0.112. The van der Waals surface area contributed by atoms with Crippen LogP contribution in [0.4, 0.5) is 0 Å². The molecule has 1 fully saturated rings. The monoisotopic (exact) mass is 236 g/mol. The molecule has 2 unspecified atom stereocenters. The molecule has 94 valence electrons. The summed E-state index contributed by atoms with van der Waals surface area (Å²) in [5.41, 5.74) is 6.62. The zero-order valence-electron chi connectivity index (χ0n) is 10.1. The van der Waals surface area contributed by atoms with Gasteiger partial charge < -0.3 is 15.9 Å². The average molecular weight is 236 g/mol. The maximum absolute atomic E-state index is 9.49. The third-order valence-electron chi connectivity index (χ3n) is 3.61. The first-order valence-electron chi connectivity index (χ1n) is 6.07. The van der Waals surface area contributed by atoms with Crippen molar-refractivity contribution in [3.63, 3.8) is 0 Å². The summed E-state index contributed by atoms with van der Waals surface area (Å²) in [6.07, 6.45) is 1.13. The number of rotatable bonds is 3. The van der Waals surface area contributed by atoms with E-state index in [0.717, 1.165) is 31.6 Å². The molecule has 0 aliphatic carbocycles. The highest BCUT2D eigenvalue weighted by molar-refractivity contribution is 5.38. The quantitative estimate of drug-likeness (QED) is 0.742. The lowest BCUT2D eigenvalue weighted by atomic mass is 10.1. The highest BCUT2D eigenvalue weighted by atomic mass is 16.3. The molecule has 2 rings (SSSR count). The van der Waals surface area contributed by atoms with Gasteiger partial charge in [0.05, 0.1) is 0 Å². The molecule has 1 aliphatic heterocycles. The summed E-state index contributed by atoms with van der Waals surface area (Å²) in [6.45, 7) is 4.84. The van der Waals surface area contributed by atoms with Crippen molar-refractivity contribution in [1.82, 2.24) is 4.90 Å². The topological polar surface area (TPSA) is 69.7 Å². The predicted octanol–water partition coefficient (Wildman–Crippen LogP) is 1.44. The number of hydrogen-bond donors (Lipinski definition) is 3. The number of phenolic OH excluding ortho intramolecular Hbond substituents is 2. The van der Waals surface area contributed by atoms with Crippen molar-refractivity contribution < 1.29 is 10.2 Å². The number of phenols is 2. The number of hydrogen-bond acceptors (Lipinski definition) is 4. The van der Waals surface area contributed by atoms with E-state index in [0.29, 0.717) is 5.92 Å². The molecule has 0 bridgehead atoms. The van der Waals surface area contributed by atoms with Crippen molar-refractivity contribution >= 4 is 0 Å². The SMILES string of the molecule is CC(c1cc(O)cc(O)c1)N1CCC(CN)C1. The van der Waals surface area contributed by atoms with E-state index >= 15 is 0 Å². The molecule has 4 heteroatoms. The van der Waals surface area contributed by atoms with Crippen LogP contribution in [-0.4, -0.2) is 34.7 Å². The normalized spacial score (nSPS) is 22.8. The Morgan fingerprint density at radius 3 is 2.53 bits per heavy atom. The lowest BCUT2D eigenvalue weighted by Gasteiger charge is -2.25. The highest BCUT2D eigenvalue weighted by Crippen LogP contribution is 2.31. The number of benzene rings is 1. The fourth-order valence-corrected chi connectivity index (χ4v) is 2.48. The molecule has 4 N–H and O–H groups in total. The van der Waals surface area contributed by atoms with Gasteiger partial charge in [-0.05, 0) is 50.0 Å². The Morgan fingerprint density at radius 2 is 2.00 bits per heavy atom. The van der Waals surface area contributed by atoms with Crippen LogP contribution in [0.1, 0.15) is 24.9 Å². The molecule has 0 saturated carbocycles. The van der Waals surface area contributed by atoms with E-state index in [9.17, 15) is 10.2 Å². The van der Waals surface area contributed by atoms with E-state index in [4.69, 9.17) is 5.73 Å². The maximum Gasteiger partial charge on any atom is 0.119 e. The number of nitrogens with zero attached hydrogens (tertiary/aromatic N) is 1. The fraction of sp³-hybridized carbons (Fsp3) is 0.538. The second kappa shape index (κ2) is 4.94. The van der Waals surface area contributed by atoms with Crippen LogP contribution in [0.3, 0.4) is 0 Å². The van der Waals surface area contributed by atoms with Crippen LogP contribution >= 0.6 is 0 Å². The summed E-state index contributed by atoms with van der Waals surface area (Å²) >= 11 is 0. The first-order chi connectivity index (χ1) is 8.10. The van der Waals surface area contributed by atoms with E-state index in [-0.39, 0.29) is 17.5 Å². The van der Waals surface area contributed by atoms with Crippen LogP contribution < -0.4 is 5.73 Å². The standard InChI is InChI=1S/C13H20N2O2/c1-9(15-3-2-10(7-14)8-15)11-4-12(16)6-13(17)5-11/h4-6,9-10,16-17H,2-3,7-8,14H2,1H3. The average Bonchev–Trinajstić information content (AvgIpc) is 2.75. The zero-order chi connectivity index (χ0) is 12.4. The minimum absolute atomic E-state index is 0.112. The van der Waals surface area contributed by atoms with Gasteiger partial charge in [0, 0.05) is 18.7 Å². The molecule has 0 amide bonds. The molecular formula is C13H20N2O2. The van der Waals surface area contributed by atoms with Crippen molar-refractivity contribution in [3.8, 4) is 11.5 Å². The molecule has 17 heavy (non-hydrogen) atoms. The van der Waals surface area contributed by atoms with Crippen molar-refractivity contribution in [3.05, 3.63) is 23.8 Å². The maximum atomic E-state index is 9.49. The van der Waals surface area contributed by atoms with Gasteiger partial charge in [0.1, 0.15) is 11.5 Å². The molecule has 0 radical (unpaired) electrons. The smallest absolute Gasteiger partial charge is 0.119 e. The van der Waals surface area contributed by atoms with E-state index < -0.39 is 0 Å². The minimum Gasteiger partial charge on any atom is -0.508 e. The summed E-state index contributed by atoms with van der Waals surface area (Å²) < 4.78 is 0. The Labute approximate surface area is 102 Å². The molecule has 0 aromatic heterocycles. The van der Waals surface area contributed by atoms with Crippen LogP contribution in [0.2, 0.25) is 0 Å².